The Morgan fingerprint density at radius 3 is 2.26 bits per heavy atom. The van der Waals surface area contributed by atoms with Crippen molar-refractivity contribution in [3.05, 3.63) is 35.8 Å². The highest BCUT2D eigenvalue weighted by Crippen LogP contribution is 2.03. The lowest BCUT2D eigenvalue weighted by molar-refractivity contribution is -0.146. The van der Waals surface area contributed by atoms with E-state index in [9.17, 15) is 9.59 Å². The minimum Gasteiger partial charge on any atom is -0.462 e. The van der Waals surface area contributed by atoms with Gasteiger partial charge in [0.25, 0.3) is 0 Å². The van der Waals surface area contributed by atoms with Crippen LogP contribution in [0.5, 0.6) is 0 Å². The van der Waals surface area contributed by atoms with Crippen molar-refractivity contribution in [1.29, 1.82) is 0 Å². The lowest BCUT2D eigenvalue weighted by atomic mass is 10.3. The van der Waals surface area contributed by atoms with Crippen molar-refractivity contribution >= 4 is 11.9 Å². The normalized spacial score (nSPS) is 9.63. The van der Waals surface area contributed by atoms with Crippen LogP contribution in [0.2, 0.25) is 0 Å². The molecule has 6 heteroatoms. The highest BCUT2D eigenvalue weighted by molar-refractivity contribution is 6.14. The summed E-state index contributed by atoms with van der Waals surface area (Å²) in [6.07, 6.45) is 4.85. The zero-order chi connectivity index (χ0) is 14.3. The summed E-state index contributed by atoms with van der Waals surface area (Å²) in [6, 6.07) is 1.88. The molecule has 104 valence electrons. The Kier molecular flexibility index (Phi) is 5.66. The molecule has 0 saturated carbocycles. The molecular formula is C13H18N2O4. The summed E-state index contributed by atoms with van der Waals surface area (Å²) in [5, 5.41) is 0. The van der Waals surface area contributed by atoms with Crippen LogP contribution < -0.4 is 5.43 Å². The van der Waals surface area contributed by atoms with Crippen LogP contribution in [0.25, 0.3) is 0 Å². The maximum absolute atomic E-state index is 11.6. The molecule has 6 nitrogen and oxygen atoms in total. The number of esters is 2. The Bertz CT molecular complexity index is 457. The van der Waals surface area contributed by atoms with Gasteiger partial charge in [-0.2, -0.15) is 0 Å². The summed E-state index contributed by atoms with van der Waals surface area (Å²) in [5.74, 6) is -1.42. The summed E-state index contributed by atoms with van der Waals surface area (Å²) >= 11 is 0. The van der Waals surface area contributed by atoms with Crippen molar-refractivity contribution in [3.8, 4) is 0 Å². The van der Waals surface area contributed by atoms with Gasteiger partial charge in [0.15, 0.2) is 5.57 Å². The third-order valence-corrected chi connectivity index (χ3v) is 2.19. The molecular weight excluding hydrogens is 248 g/mol. The largest absolute Gasteiger partial charge is 0.462 e. The zero-order valence-corrected chi connectivity index (χ0v) is 11.3. The number of rotatable bonds is 6. The van der Waals surface area contributed by atoms with Crippen LogP contribution in [0.4, 0.5) is 0 Å². The molecule has 0 spiro atoms. The van der Waals surface area contributed by atoms with E-state index in [0.717, 1.165) is 5.56 Å². The molecule has 1 heterocycles. The van der Waals surface area contributed by atoms with Gasteiger partial charge in [0, 0.05) is 18.6 Å². The fourth-order valence-corrected chi connectivity index (χ4v) is 1.34. The van der Waals surface area contributed by atoms with Crippen molar-refractivity contribution in [2.24, 2.45) is 0 Å². The second-order valence-corrected chi connectivity index (χ2v) is 3.72. The Morgan fingerprint density at radius 2 is 1.84 bits per heavy atom. The minimum absolute atomic E-state index is 0.171. The summed E-state index contributed by atoms with van der Waals surface area (Å²) in [5.41, 5.74) is 3.68. The van der Waals surface area contributed by atoms with E-state index in [-0.39, 0.29) is 18.8 Å². The van der Waals surface area contributed by atoms with Gasteiger partial charge in [-0.05, 0) is 32.4 Å². The molecule has 0 aliphatic heterocycles. The van der Waals surface area contributed by atoms with Crippen LogP contribution in [-0.4, -0.2) is 29.8 Å². The van der Waals surface area contributed by atoms with Crippen molar-refractivity contribution in [3.63, 3.8) is 0 Å². The lowest BCUT2D eigenvalue weighted by Gasteiger charge is -2.08. The maximum Gasteiger partial charge on any atom is 0.347 e. The van der Waals surface area contributed by atoms with Crippen molar-refractivity contribution in [2.75, 3.05) is 18.6 Å². The minimum atomic E-state index is -0.711. The Morgan fingerprint density at radius 1 is 1.26 bits per heavy atom. The van der Waals surface area contributed by atoms with Crippen LogP contribution in [0.15, 0.2) is 30.2 Å². The van der Waals surface area contributed by atoms with Gasteiger partial charge in [-0.25, -0.2) is 9.59 Å². The van der Waals surface area contributed by atoms with Gasteiger partial charge >= 0.3 is 11.9 Å². The van der Waals surface area contributed by atoms with Crippen LogP contribution in [0.3, 0.4) is 0 Å². The molecule has 1 aromatic heterocycles. The van der Waals surface area contributed by atoms with Crippen molar-refractivity contribution in [1.82, 2.24) is 4.68 Å². The summed E-state index contributed by atoms with van der Waals surface area (Å²) < 4.78 is 11.2. The van der Waals surface area contributed by atoms with E-state index in [2.05, 4.69) is 5.43 Å². The highest BCUT2D eigenvalue weighted by Gasteiger charge is 2.20. The molecule has 0 amide bonds. The number of aryl methyl sites for hydroxylation is 1. The maximum atomic E-state index is 11.6. The van der Waals surface area contributed by atoms with Crippen LogP contribution in [-0.2, 0) is 19.1 Å². The summed E-state index contributed by atoms with van der Waals surface area (Å²) in [7, 11) is 0. The van der Waals surface area contributed by atoms with Gasteiger partial charge in [0.2, 0.25) is 0 Å². The predicted molar refractivity (Wildman–Crippen MR) is 69.9 cm³/mol. The van der Waals surface area contributed by atoms with Gasteiger partial charge in [0.05, 0.1) is 13.2 Å². The molecule has 0 fully saturated rings. The number of nitrogens with zero attached hydrogens (tertiary/aromatic N) is 1. The molecule has 0 atom stereocenters. The standard InChI is InChI=1S/C13H18N2O4/c1-4-18-12(16)11(13(17)19-5-2)8-14-15-7-6-10(3)9-15/h6-9,14H,4-5H2,1-3H3. The first-order valence-electron chi connectivity index (χ1n) is 6.04. The molecule has 0 aliphatic rings. The summed E-state index contributed by atoms with van der Waals surface area (Å²) in [6.45, 7) is 5.66. The number of hydrogen-bond acceptors (Lipinski definition) is 5. The first kappa shape index (κ1) is 14.8. The van der Waals surface area contributed by atoms with E-state index in [4.69, 9.17) is 9.47 Å². The number of hydrogen-bond donors (Lipinski definition) is 1. The van der Waals surface area contributed by atoms with Crippen LogP contribution in [0.1, 0.15) is 19.4 Å². The Hall–Kier alpha value is -2.24. The lowest BCUT2D eigenvalue weighted by Crippen LogP contribution is -2.21. The summed E-state index contributed by atoms with van der Waals surface area (Å²) in [4.78, 5) is 23.3. The molecule has 0 aromatic carbocycles. The molecule has 0 aliphatic carbocycles. The predicted octanol–water partition coefficient (Wildman–Crippen LogP) is 1.35. The fourth-order valence-electron chi connectivity index (χ4n) is 1.34. The molecule has 0 saturated heterocycles. The monoisotopic (exact) mass is 266 g/mol. The molecule has 0 radical (unpaired) electrons. The van der Waals surface area contributed by atoms with Gasteiger partial charge in [-0.15, -0.1) is 0 Å². The number of carbonyl (C=O) groups excluding carboxylic acids is 2. The molecule has 0 bridgehead atoms. The van der Waals surface area contributed by atoms with E-state index in [1.807, 2.05) is 19.2 Å². The first-order chi connectivity index (χ1) is 9.08. The third-order valence-electron chi connectivity index (χ3n) is 2.19. The van der Waals surface area contributed by atoms with Gasteiger partial charge in [-0.1, -0.05) is 0 Å². The van der Waals surface area contributed by atoms with Crippen molar-refractivity contribution in [2.45, 2.75) is 20.8 Å². The van der Waals surface area contributed by atoms with E-state index in [0.29, 0.717) is 0 Å². The second kappa shape index (κ2) is 7.25. The Labute approximate surface area is 112 Å². The first-order valence-corrected chi connectivity index (χ1v) is 6.04. The molecule has 1 aromatic rings. The number of carbonyl (C=O) groups is 2. The fraction of sp³-hybridized carbons (Fsp3) is 0.385. The topological polar surface area (TPSA) is 69.6 Å². The average Bonchev–Trinajstić information content (AvgIpc) is 2.76. The van der Waals surface area contributed by atoms with Gasteiger partial charge in [-0.3, -0.25) is 4.68 Å². The second-order valence-electron chi connectivity index (χ2n) is 3.72. The van der Waals surface area contributed by atoms with Gasteiger partial charge in [0.1, 0.15) is 0 Å². The zero-order valence-electron chi connectivity index (χ0n) is 11.3. The third kappa shape index (κ3) is 4.50. The number of ether oxygens (including phenoxy) is 2. The van der Waals surface area contributed by atoms with E-state index in [1.165, 1.54) is 6.20 Å². The van der Waals surface area contributed by atoms with E-state index in [1.54, 1.807) is 24.7 Å². The highest BCUT2D eigenvalue weighted by atomic mass is 16.6. The molecule has 0 unspecified atom stereocenters. The Balaban J connectivity index is 2.82. The smallest absolute Gasteiger partial charge is 0.347 e. The van der Waals surface area contributed by atoms with Crippen LogP contribution in [0, 0.1) is 6.92 Å². The quantitative estimate of drug-likeness (QED) is 0.364. The van der Waals surface area contributed by atoms with Crippen LogP contribution >= 0.6 is 0 Å². The van der Waals surface area contributed by atoms with Gasteiger partial charge < -0.3 is 14.9 Å². The molecule has 1 N–H and O–H groups in total. The van der Waals surface area contributed by atoms with E-state index < -0.39 is 11.9 Å². The number of aromatic nitrogens is 1. The van der Waals surface area contributed by atoms with E-state index >= 15 is 0 Å². The molecule has 19 heavy (non-hydrogen) atoms. The average molecular weight is 266 g/mol. The number of nitrogens with one attached hydrogen (secondary N) is 1. The van der Waals surface area contributed by atoms with Crippen molar-refractivity contribution < 1.29 is 19.1 Å². The molecule has 1 rings (SSSR count). The SMILES string of the molecule is CCOC(=O)C(=CNn1ccc(C)c1)C(=O)OCC.